The summed E-state index contributed by atoms with van der Waals surface area (Å²) in [6.07, 6.45) is 3.11. The quantitative estimate of drug-likeness (QED) is 0.602. The molecule has 130 valence electrons. The van der Waals surface area contributed by atoms with Crippen LogP contribution in [0.2, 0.25) is 0 Å². The van der Waals surface area contributed by atoms with Gasteiger partial charge in [-0.15, -0.1) is 11.3 Å². The van der Waals surface area contributed by atoms with Crippen LogP contribution in [0.1, 0.15) is 24.0 Å². The maximum Gasteiger partial charge on any atom is 0.348 e. The van der Waals surface area contributed by atoms with Crippen LogP contribution in [0.15, 0.2) is 39.9 Å². The second kappa shape index (κ2) is 7.65. The van der Waals surface area contributed by atoms with Gasteiger partial charge in [0.15, 0.2) is 4.21 Å². The van der Waals surface area contributed by atoms with Crippen LogP contribution >= 0.6 is 11.3 Å². The van der Waals surface area contributed by atoms with Crippen molar-refractivity contribution in [3.8, 4) is 5.75 Å². The number of nitrogens with zero attached hydrogens (tertiary/aromatic N) is 1. The summed E-state index contributed by atoms with van der Waals surface area (Å²) in [5.74, 6) is 0.381. The summed E-state index contributed by atoms with van der Waals surface area (Å²) < 4.78 is 30.0. The standard InChI is InChI=1S/C17H22N2O3S2/c18-8-1-2-9-19-10-7-14-5-6-16(12-15(14)13-19)22-24(20,21)17-4-3-11-23-17/h3-6,11-12H,1-2,7-10,13,18H2. The summed E-state index contributed by atoms with van der Waals surface area (Å²) in [5, 5.41) is 1.72. The lowest BCUT2D eigenvalue weighted by atomic mass is 9.99. The maximum atomic E-state index is 12.2. The highest BCUT2D eigenvalue weighted by Gasteiger charge is 2.20. The molecule has 1 aliphatic rings. The Labute approximate surface area is 147 Å². The van der Waals surface area contributed by atoms with Crippen LogP contribution < -0.4 is 9.92 Å². The van der Waals surface area contributed by atoms with Crippen LogP contribution in [0.5, 0.6) is 5.75 Å². The molecule has 1 aromatic heterocycles. The summed E-state index contributed by atoms with van der Waals surface area (Å²) in [6.45, 7) is 3.61. The molecule has 0 unspecified atom stereocenters. The minimum atomic E-state index is -3.74. The molecule has 24 heavy (non-hydrogen) atoms. The Hall–Kier alpha value is -1.41. The van der Waals surface area contributed by atoms with E-state index in [0.29, 0.717) is 5.75 Å². The van der Waals surface area contributed by atoms with E-state index in [-0.39, 0.29) is 4.21 Å². The summed E-state index contributed by atoms with van der Waals surface area (Å²) in [4.78, 5) is 2.38. The first-order chi connectivity index (χ1) is 11.6. The van der Waals surface area contributed by atoms with Crippen molar-refractivity contribution in [1.82, 2.24) is 4.90 Å². The van der Waals surface area contributed by atoms with Gasteiger partial charge in [0, 0.05) is 13.1 Å². The van der Waals surface area contributed by atoms with Gasteiger partial charge in [0.1, 0.15) is 5.75 Å². The SMILES string of the molecule is NCCCCN1CCc2ccc(OS(=O)(=O)c3cccs3)cc2C1. The second-order valence-electron chi connectivity index (χ2n) is 5.92. The highest BCUT2D eigenvalue weighted by molar-refractivity contribution is 7.89. The molecule has 0 saturated carbocycles. The molecule has 0 radical (unpaired) electrons. The maximum absolute atomic E-state index is 12.2. The predicted octanol–water partition coefficient (Wildman–Crippen LogP) is 2.61. The summed E-state index contributed by atoms with van der Waals surface area (Å²) in [5.41, 5.74) is 7.96. The molecule has 2 aromatic rings. The first-order valence-corrected chi connectivity index (χ1v) is 10.4. The zero-order valence-corrected chi connectivity index (χ0v) is 15.1. The minimum absolute atomic E-state index is 0.226. The number of benzene rings is 1. The molecule has 0 amide bonds. The van der Waals surface area contributed by atoms with Gasteiger partial charge in [-0.25, -0.2) is 0 Å². The first kappa shape index (κ1) is 17.4. The Morgan fingerprint density at radius 3 is 2.83 bits per heavy atom. The fourth-order valence-corrected chi connectivity index (χ4v) is 4.76. The number of hydrogen-bond donors (Lipinski definition) is 1. The van der Waals surface area contributed by atoms with E-state index in [2.05, 4.69) is 4.90 Å². The molecule has 1 aromatic carbocycles. The molecule has 3 rings (SSSR count). The summed E-state index contributed by atoms with van der Waals surface area (Å²) >= 11 is 1.16. The molecule has 2 N–H and O–H groups in total. The Morgan fingerprint density at radius 1 is 1.21 bits per heavy atom. The molecule has 2 heterocycles. The van der Waals surface area contributed by atoms with Gasteiger partial charge in [-0.1, -0.05) is 12.1 Å². The Balaban J connectivity index is 1.71. The highest BCUT2D eigenvalue weighted by atomic mass is 32.3. The van der Waals surface area contributed by atoms with Crippen LogP contribution in [0.3, 0.4) is 0 Å². The zero-order chi connectivity index (χ0) is 17.0. The molecule has 5 nitrogen and oxygen atoms in total. The monoisotopic (exact) mass is 366 g/mol. The lowest BCUT2D eigenvalue weighted by Gasteiger charge is -2.29. The average molecular weight is 367 g/mol. The van der Waals surface area contributed by atoms with Crippen molar-refractivity contribution >= 4 is 21.5 Å². The largest absolute Gasteiger partial charge is 0.378 e. The fraction of sp³-hybridized carbons (Fsp3) is 0.412. The zero-order valence-electron chi connectivity index (χ0n) is 13.5. The average Bonchev–Trinajstić information content (AvgIpc) is 3.10. The lowest BCUT2D eigenvalue weighted by molar-refractivity contribution is 0.249. The molecule has 0 atom stereocenters. The van der Waals surface area contributed by atoms with Gasteiger partial charge in [0.25, 0.3) is 0 Å². The van der Waals surface area contributed by atoms with Crippen LogP contribution in [0.25, 0.3) is 0 Å². The molecule has 0 spiro atoms. The summed E-state index contributed by atoms with van der Waals surface area (Å²) in [7, 11) is -3.74. The van der Waals surface area contributed by atoms with Crippen LogP contribution in [0, 0.1) is 0 Å². The predicted molar refractivity (Wildman–Crippen MR) is 95.8 cm³/mol. The number of hydrogen-bond acceptors (Lipinski definition) is 6. The molecular formula is C17H22N2O3S2. The molecule has 0 fully saturated rings. The normalized spacial score (nSPS) is 15.2. The van der Waals surface area contributed by atoms with Crippen molar-refractivity contribution in [2.45, 2.75) is 30.0 Å². The van der Waals surface area contributed by atoms with Crippen LogP contribution in [-0.2, 0) is 23.1 Å². The third kappa shape index (κ3) is 4.16. The fourth-order valence-electron chi connectivity index (χ4n) is 2.89. The van der Waals surface area contributed by atoms with Gasteiger partial charge in [0.05, 0.1) is 0 Å². The van der Waals surface area contributed by atoms with Gasteiger partial charge < -0.3 is 9.92 Å². The van der Waals surface area contributed by atoms with E-state index in [1.54, 1.807) is 23.6 Å². The molecular weight excluding hydrogens is 344 g/mol. The molecule has 0 bridgehead atoms. The number of thiophene rings is 1. The summed E-state index contributed by atoms with van der Waals surface area (Å²) in [6, 6.07) is 8.83. The first-order valence-electron chi connectivity index (χ1n) is 8.11. The van der Waals surface area contributed by atoms with Crippen molar-refractivity contribution in [2.24, 2.45) is 5.73 Å². The number of rotatable bonds is 7. The number of fused-ring (bicyclic) bond motifs is 1. The van der Waals surface area contributed by atoms with Crippen molar-refractivity contribution in [3.05, 3.63) is 46.8 Å². The van der Waals surface area contributed by atoms with Crippen molar-refractivity contribution in [2.75, 3.05) is 19.6 Å². The van der Waals surface area contributed by atoms with Gasteiger partial charge >= 0.3 is 10.1 Å². The lowest BCUT2D eigenvalue weighted by Crippen LogP contribution is -2.31. The van der Waals surface area contributed by atoms with Crippen LogP contribution in [0.4, 0.5) is 0 Å². The molecule has 0 aliphatic carbocycles. The van der Waals surface area contributed by atoms with E-state index >= 15 is 0 Å². The van der Waals surface area contributed by atoms with E-state index in [9.17, 15) is 8.42 Å². The van der Waals surface area contributed by atoms with Gasteiger partial charge in [-0.3, -0.25) is 4.90 Å². The molecule has 0 saturated heterocycles. The highest BCUT2D eigenvalue weighted by Crippen LogP contribution is 2.27. The van der Waals surface area contributed by atoms with E-state index in [0.717, 1.165) is 62.3 Å². The van der Waals surface area contributed by atoms with Crippen molar-refractivity contribution < 1.29 is 12.6 Å². The Morgan fingerprint density at radius 2 is 2.08 bits per heavy atom. The molecule has 7 heteroatoms. The van der Waals surface area contributed by atoms with E-state index in [4.69, 9.17) is 9.92 Å². The van der Waals surface area contributed by atoms with Crippen molar-refractivity contribution in [3.63, 3.8) is 0 Å². The van der Waals surface area contributed by atoms with E-state index < -0.39 is 10.1 Å². The smallest absolute Gasteiger partial charge is 0.348 e. The van der Waals surface area contributed by atoms with Gasteiger partial charge in [0.2, 0.25) is 0 Å². The molecule has 1 aliphatic heterocycles. The Kier molecular flexibility index (Phi) is 5.55. The van der Waals surface area contributed by atoms with E-state index in [1.807, 2.05) is 12.1 Å². The third-order valence-corrected chi connectivity index (χ3v) is 6.75. The van der Waals surface area contributed by atoms with Gasteiger partial charge in [-0.2, -0.15) is 8.42 Å². The van der Waals surface area contributed by atoms with E-state index in [1.165, 1.54) is 5.56 Å². The van der Waals surface area contributed by atoms with Crippen LogP contribution in [-0.4, -0.2) is 33.0 Å². The number of nitrogens with two attached hydrogens (primary N) is 1. The topological polar surface area (TPSA) is 72.6 Å². The van der Waals surface area contributed by atoms with Gasteiger partial charge in [-0.05, 0) is 67.1 Å². The third-order valence-electron chi connectivity index (χ3n) is 4.14. The Bertz CT molecular complexity index is 773. The minimum Gasteiger partial charge on any atom is -0.378 e. The number of unbranched alkanes of at least 4 members (excludes halogenated alkanes) is 1. The van der Waals surface area contributed by atoms with Crippen molar-refractivity contribution in [1.29, 1.82) is 0 Å². The second-order valence-corrected chi connectivity index (χ2v) is 8.64.